The molecule has 0 aliphatic carbocycles. The lowest BCUT2D eigenvalue weighted by Gasteiger charge is -2.31. The van der Waals surface area contributed by atoms with Gasteiger partial charge < -0.3 is 4.90 Å². The van der Waals surface area contributed by atoms with Crippen LogP contribution in [0.15, 0.2) is 47.7 Å². The second-order valence-electron chi connectivity index (χ2n) is 6.84. The summed E-state index contributed by atoms with van der Waals surface area (Å²) in [5.41, 5.74) is 3.29. The summed E-state index contributed by atoms with van der Waals surface area (Å²) in [5.74, 6) is -0.748. The van der Waals surface area contributed by atoms with Gasteiger partial charge in [0.25, 0.3) is 11.8 Å². The quantitative estimate of drug-likeness (QED) is 0.441. The molecule has 1 aromatic rings. The topological polar surface area (TPSA) is 43.9 Å². The number of allylic oxidation sites excluding steroid dienone is 3. The van der Waals surface area contributed by atoms with Gasteiger partial charge in [-0.1, -0.05) is 32.0 Å². The second-order valence-corrected chi connectivity index (χ2v) is 7.21. The van der Waals surface area contributed by atoms with Gasteiger partial charge in [-0.3, -0.25) is 19.4 Å². The molecule has 1 saturated heterocycles. The van der Waals surface area contributed by atoms with E-state index < -0.39 is 0 Å². The number of likely N-dealkylation sites (N-methyl/N-ethyl adjacent to an activating group) is 3. The molecule has 0 radical (unpaired) electrons. The lowest BCUT2D eigenvalue weighted by atomic mass is 9.83. The predicted octanol–water partition coefficient (Wildman–Crippen LogP) is 2.44. The van der Waals surface area contributed by atoms with Crippen LogP contribution in [0.3, 0.4) is 0 Å². The highest BCUT2D eigenvalue weighted by Gasteiger charge is 2.39. The summed E-state index contributed by atoms with van der Waals surface area (Å²) in [7, 11) is 5.15. The Morgan fingerprint density at radius 1 is 0.920 bits per heavy atom. The Morgan fingerprint density at radius 2 is 1.48 bits per heavy atom. The van der Waals surface area contributed by atoms with Gasteiger partial charge in [0.1, 0.15) is 5.57 Å². The SMILES string of the molecule is CN1C(=O)C(=C/C=C2/N(C)c3ccccc3C2(C)C)C(=O)N(C)C1=S. The fourth-order valence-corrected chi connectivity index (χ4v) is 3.62. The number of fused-ring (bicyclic) bond motifs is 1. The normalized spacial score (nSPS) is 21.3. The summed E-state index contributed by atoms with van der Waals surface area (Å²) in [6, 6.07) is 8.21. The number of carbonyl (C=O) groups is 2. The van der Waals surface area contributed by atoms with E-state index in [-0.39, 0.29) is 27.9 Å². The number of rotatable bonds is 1. The number of benzene rings is 1. The molecule has 0 unspecified atom stereocenters. The van der Waals surface area contributed by atoms with E-state index in [4.69, 9.17) is 12.2 Å². The average Bonchev–Trinajstić information content (AvgIpc) is 2.79. The minimum Gasteiger partial charge on any atom is -0.347 e. The van der Waals surface area contributed by atoms with E-state index >= 15 is 0 Å². The summed E-state index contributed by atoms with van der Waals surface area (Å²) in [5, 5.41) is 0.213. The number of hydrogen-bond donors (Lipinski definition) is 0. The maximum Gasteiger partial charge on any atom is 0.265 e. The first-order chi connectivity index (χ1) is 11.7. The molecule has 0 bridgehead atoms. The Kier molecular flexibility index (Phi) is 4.03. The smallest absolute Gasteiger partial charge is 0.265 e. The number of para-hydroxylation sites is 1. The molecule has 5 nitrogen and oxygen atoms in total. The number of anilines is 1. The summed E-state index contributed by atoms with van der Waals surface area (Å²) >= 11 is 5.11. The minimum absolute atomic E-state index is 0.117. The molecule has 2 aliphatic rings. The molecule has 2 amide bonds. The molecule has 1 fully saturated rings. The van der Waals surface area contributed by atoms with E-state index in [9.17, 15) is 9.59 Å². The van der Waals surface area contributed by atoms with Crippen LogP contribution in [0.5, 0.6) is 0 Å². The van der Waals surface area contributed by atoms with Gasteiger partial charge in [0.05, 0.1) is 0 Å². The van der Waals surface area contributed by atoms with Crippen molar-refractivity contribution in [3.8, 4) is 0 Å². The van der Waals surface area contributed by atoms with E-state index in [0.29, 0.717) is 0 Å². The largest absolute Gasteiger partial charge is 0.347 e. The number of carbonyl (C=O) groups excluding carboxylic acids is 2. The van der Waals surface area contributed by atoms with Crippen molar-refractivity contribution in [2.45, 2.75) is 19.3 Å². The van der Waals surface area contributed by atoms with Crippen LogP contribution in [0, 0.1) is 0 Å². The Balaban J connectivity index is 2.04. The van der Waals surface area contributed by atoms with E-state index in [1.165, 1.54) is 15.4 Å². The van der Waals surface area contributed by atoms with Crippen LogP contribution in [-0.4, -0.2) is 47.9 Å². The molecule has 0 saturated carbocycles. The molecule has 130 valence electrons. The van der Waals surface area contributed by atoms with Crippen molar-refractivity contribution in [3.05, 3.63) is 53.3 Å². The molecule has 0 aromatic heterocycles. The van der Waals surface area contributed by atoms with Crippen molar-refractivity contribution in [2.24, 2.45) is 0 Å². The van der Waals surface area contributed by atoms with Crippen molar-refractivity contribution >= 4 is 34.8 Å². The maximum atomic E-state index is 12.4. The highest BCUT2D eigenvalue weighted by molar-refractivity contribution is 7.80. The Morgan fingerprint density at radius 3 is 2.04 bits per heavy atom. The van der Waals surface area contributed by atoms with Crippen molar-refractivity contribution in [2.75, 3.05) is 26.0 Å². The number of amides is 2. The molecule has 0 N–H and O–H groups in total. The molecule has 3 rings (SSSR count). The van der Waals surface area contributed by atoms with E-state index in [0.717, 1.165) is 11.4 Å². The Hall–Kier alpha value is -2.47. The summed E-state index contributed by atoms with van der Waals surface area (Å²) in [6.45, 7) is 4.27. The molecular weight excluding hydrogens is 334 g/mol. The number of thiocarbonyl (C=S) groups is 1. The summed E-state index contributed by atoms with van der Waals surface area (Å²) in [4.78, 5) is 29.6. The Bertz CT molecular complexity index is 828. The third-order valence-electron chi connectivity index (χ3n) is 4.99. The zero-order valence-corrected chi connectivity index (χ0v) is 15.8. The van der Waals surface area contributed by atoms with Crippen LogP contribution in [0.1, 0.15) is 19.4 Å². The molecule has 2 aliphatic heterocycles. The summed E-state index contributed by atoms with van der Waals surface area (Å²) < 4.78 is 0. The third kappa shape index (κ3) is 2.48. The van der Waals surface area contributed by atoms with Gasteiger partial charge in [0.15, 0.2) is 5.11 Å². The first-order valence-electron chi connectivity index (χ1n) is 8.03. The van der Waals surface area contributed by atoms with Crippen molar-refractivity contribution in [1.82, 2.24) is 9.80 Å². The fourth-order valence-electron chi connectivity index (χ4n) is 3.46. The molecule has 0 spiro atoms. The van der Waals surface area contributed by atoms with Crippen LogP contribution >= 0.6 is 12.2 Å². The predicted molar refractivity (Wildman–Crippen MR) is 102 cm³/mol. The monoisotopic (exact) mass is 355 g/mol. The lowest BCUT2D eigenvalue weighted by molar-refractivity contribution is -0.132. The average molecular weight is 355 g/mol. The highest BCUT2D eigenvalue weighted by atomic mass is 32.1. The fraction of sp³-hybridized carbons (Fsp3) is 0.316. The van der Waals surface area contributed by atoms with Crippen LogP contribution in [0.4, 0.5) is 5.69 Å². The van der Waals surface area contributed by atoms with Gasteiger partial charge in [-0.15, -0.1) is 0 Å². The highest BCUT2D eigenvalue weighted by Crippen LogP contribution is 2.46. The zero-order valence-electron chi connectivity index (χ0n) is 15.0. The van der Waals surface area contributed by atoms with Gasteiger partial charge in [-0.2, -0.15) is 0 Å². The lowest BCUT2D eigenvalue weighted by Crippen LogP contribution is -2.52. The first kappa shape index (κ1) is 17.4. The number of nitrogens with zero attached hydrogens (tertiary/aromatic N) is 3. The molecule has 25 heavy (non-hydrogen) atoms. The van der Waals surface area contributed by atoms with Crippen LogP contribution in [0.2, 0.25) is 0 Å². The number of hydrogen-bond acceptors (Lipinski definition) is 4. The van der Waals surface area contributed by atoms with Gasteiger partial charge in [0, 0.05) is 37.9 Å². The van der Waals surface area contributed by atoms with Gasteiger partial charge in [-0.25, -0.2) is 0 Å². The standard InChI is InChI=1S/C19H21N3O2S/c1-19(2)13-8-6-7-9-14(13)20(3)15(19)11-10-12-16(23)21(4)18(25)22(5)17(12)24/h6-11H,1-5H3/b15-11+. The van der Waals surface area contributed by atoms with Gasteiger partial charge in [-0.05, 0) is 36.0 Å². The minimum atomic E-state index is -0.374. The van der Waals surface area contributed by atoms with E-state index in [1.807, 2.05) is 25.3 Å². The van der Waals surface area contributed by atoms with Crippen LogP contribution in [0.25, 0.3) is 0 Å². The third-order valence-corrected chi connectivity index (χ3v) is 5.54. The van der Waals surface area contributed by atoms with E-state index in [2.05, 4.69) is 30.9 Å². The van der Waals surface area contributed by atoms with Crippen molar-refractivity contribution < 1.29 is 9.59 Å². The van der Waals surface area contributed by atoms with Gasteiger partial charge in [0.2, 0.25) is 0 Å². The van der Waals surface area contributed by atoms with Gasteiger partial charge >= 0.3 is 0 Å². The molecule has 1 aromatic carbocycles. The summed E-state index contributed by atoms with van der Waals surface area (Å²) in [6.07, 6.45) is 3.47. The van der Waals surface area contributed by atoms with Crippen LogP contribution in [-0.2, 0) is 15.0 Å². The maximum absolute atomic E-state index is 12.4. The molecule has 6 heteroatoms. The zero-order chi connectivity index (χ0) is 18.5. The molecule has 2 heterocycles. The van der Waals surface area contributed by atoms with E-state index in [1.54, 1.807) is 20.2 Å². The van der Waals surface area contributed by atoms with Crippen LogP contribution < -0.4 is 4.90 Å². The van der Waals surface area contributed by atoms with Crippen molar-refractivity contribution in [3.63, 3.8) is 0 Å². The second kappa shape index (κ2) is 5.81. The molecule has 0 atom stereocenters. The Labute approximate surface area is 153 Å². The molecular formula is C19H21N3O2S. The van der Waals surface area contributed by atoms with Crippen molar-refractivity contribution in [1.29, 1.82) is 0 Å². The first-order valence-corrected chi connectivity index (χ1v) is 8.44.